The molecule has 90 valence electrons. The summed E-state index contributed by atoms with van der Waals surface area (Å²) in [7, 11) is 1.36. The van der Waals surface area contributed by atoms with E-state index in [1.54, 1.807) is 4.68 Å². The fourth-order valence-corrected chi connectivity index (χ4v) is 1.50. The van der Waals surface area contributed by atoms with Crippen LogP contribution in [-0.4, -0.2) is 28.1 Å². The zero-order valence-corrected chi connectivity index (χ0v) is 10.4. The van der Waals surface area contributed by atoms with E-state index in [9.17, 15) is 4.79 Å². The van der Waals surface area contributed by atoms with Crippen molar-refractivity contribution in [1.82, 2.24) is 15.0 Å². The third-order valence-corrected chi connectivity index (χ3v) is 2.47. The van der Waals surface area contributed by atoms with Gasteiger partial charge in [-0.25, -0.2) is 9.48 Å². The molecule has 0 spiro atoms. The number of aryl methyl sites for hydroxylation is 1. The summed E-state index contributed by atoms with van der Waals surface area (Å²) in [5.74, 6) is 0.197. The topological polar surface area (TPSA) is 57.0 Å². The lowest BCUT2D eigenvalue weighted by Crippen LogP contribution is -2.10. The maximum Gasteiger partial charge on any atom is 0.360 e. The molecule has 0 aliphatic rings. The van der Waals surface area contributed by atoms with Crippen molar-refractivity contribution < 1.29 is 9.53 Å². The summed E-state index contributed by atoms with van der Waals surface area (Å²) in [5.41, 5.74) is 1.20. The van der Waals surface area contributed by atoms with Gasteiger partial charge >= 0.3 is 5.97 Å². The van der Waals surface area contributed by atoms with E-state index in [1.807, 2.05) is 6.92 Å². The van der Waals surface area contributed by atoms with Gasteiger partial charge < -0.3 is 4.74 Å². The van der Waals surface area contributed by atoms with Crippen LogP contribution < -0.4 is 0 Å². The molecular formula is C11H19N3O2. The highest BCUT2D eigenvalue weighted by atomic mass is 16.5. The van der Waals surface area contributed by atoms with E-state index in [4.69, 9.17) is 0 Å². The Kier molecular flexibility index (Phi) is 4.46. The van der Waals surface area contributed by atoms with Gasteiger partial charge in [-0.2, -0.15) is 0 Å². The minimum atomic E-state index is -0.410. The molecule has 1 aromatic heterocycles. The van der Waals surface area contributed by atoms with Crippen molar-refractivity contribution in [3.63, 3.8) is 0 Å². The van der Waals surface area contributed by atoms with Gasteiger partial charge in [0, 0.05) is 6.54 Å². The summed E-state index contributed by atoms with van der Waals surface area (Å²) in [5, 5.41) is 7.87. The second-order valence-electron chi connectivity index (χ2n) is 4.14. The van der Waals surface area contributed by atoms with E-state index in [2.05, 4.69) is 28.9 Å². The van der Waals surface area contributed by atoms with Gasteiger partial charge in [0.2, 0.25) is 0 Å². The molecule has 0 unspecified atom stereocenters. The largest absolute Gasteiger partial charge is 0.464 e. The minimum Gasteiger partial charge on any atom is -0.464 e. The molecule has 0 amide bonds. The van der Waals surface area contributed by atoms with Crippen molar-refractivity contribution in [3.05, 3.63) is 11.4 Å². The van der Waals surface area contributed by atoms with Crippen molar-refractivity contribution in [3.8, 4) is 0 Å². The molecule has 0 fully saturated rings. The van der Waals surface area contributed by atoms with Crippen LogP contribution in [0.15, 0.2) is 0 Å². The quantitative estimate of drug-likeness (QED) is 0.715. The lowest BCUT2D eigenvalue weighted by molar-refractivity contribution is 0.0592. The number of esters is 1. The van der Waals surface area contributed by atoms with Crippen LogP contribution in [0.1, 0.15) is 43.4 Å². The van der Waals surface area contributed by atoms with Gasteiger partial charge in [0.15, 0.2) is 5.69 Å². The summed E-state index contributed by atoms with van der Waals surface area (Å²) in [6.07, 6.45) is 1.76. The van der Waals surface area contributed by atoms with Gasteiger partial charge in [-0.1, -0.05) is 26.0 Å². The summed E-state index contributed by atoms with van der Waals surface area (Å²) < 4.78 is 6.46. The van der Waals surface area contributed by atoms with E-state index < -0.39 is 5.97 Å². The van der Waals surface area contributed by atoms with Crippen molar-refractivity contribution in [2.75, 3.05) is 7.11 Å². The number of aromatic nitrogens is 3. The average molecular weight is 225 g/mol. The van der Waals surface area contributed by atoms with Gasteiger partial charge in [0.05, 0.1) is 12.8 Å². The number of methoxy groups -OCH3 is 1. The SMILES string of the molecule is CCc1c(C(=O)OC)nnn1CCC(C)C. The molecule has 0 N–H and O–H groups in total. The fourth-order valence-electron chi connectivity index (χ4n) is 1.50. The fraction of sp³-hybridized carbons (Fsp3) is 0.727. The molecule has 0 aliphatic carbocycles. The Bertz CT molecular complexity index is 358. The first-order chi connectivity index (χ1) is 7.60. The molecule has 0 aromatic carbocycles. The highest BCUT2D eigenvalue weighted by Crippen LogP contribution is 2.10. The molecule has 0 atom stereocenters. The van der Waals surface area contributed by atoms with Crippen LogP contribution in [-0.2, 0) is 17.7 Å². The number of hydrogen-bond acceptors (Lipinski definition) is 4. The van der Waals surface area contributed by atoms with Gasteiger partial charge in [0.25, 0.3) is 0 Å². The molecule has 1 heterocycles. The minimum absolute atomic E-state index is 0.341. The Morgan fingerprint density at radius 2 is 2.19 bits per heavy atom. The molecule has 1 aromatic rings. The molecular weight excluding hydrogens is 206 g/mol. The zero-order chi connectivity index (χ0) is 12.1. The van der Waals surface area contributed by atoms with Crippen LogP contribution in [0.2, 0.25) is 0 Å². The zero-order valence-electron chi connectivity index (χ0n) is 10.4. The maximum absolute atomic E-state index is 11.4. The predicted molar refractivity (Wildman–Crippen MR) is 60.2 cm³/mol. The van der Waals surface area contributed by atoms with E-state index in [1.165, 1.54) is 7.11 Å². The number of rotatable bonds is 5. The first kappa shape index (κ1) is 12.7. The molecule has 5 nitrogen and oxygen atoms in total. The van der Waals surface area contributed by atoms with Gasteiger partial charge in [0.1, 0.15) is 0 Å². The van der Waals surface area contributed by atoms with E-state index >= 15 is 0 Å². The lowest BCUT2D eigenvalue weighted by Gasteiger charge is -2.07. The van der Waals surface area contributed by atoms with Crippen LogP contribution in [0.4, 0.5) is 0 Å². The Hall–Kier alpha value is -1.39. The monoisotopic (exact) mass is 225 g/mol. The van der Waals surface area contributed by atoms with Gasteiger partial charge in [-0.05, 0) is 18.8 Å². The van der Waals surface area contributed by atoms with Crippen LogP contribution in [0.3, 0.4) is 0 Å². The van der Waals surface area contributed by atoms with Crippen molar-refractivity contribution in [2.24, 2.45) is 5.92 Å². The number of nitrogens with zero attached hydrogens (tertiary/aromatic N) is 3. The van der Waals surface area contributed by atoms with Gasteiger partial charge in [-0.3, -0.25) is 0 Å². The normalized spacial score (nSPS) is 10.8. The van der Waals surface area contributed by atoms with Crippen molar-refractivity contribution in [2.45, 2.75) is 40.2 Å². The first-order valence-electron chi connectivity index (χ1n) is 5.60. The van der Waals surface area contributed by atoms with Crippen LogP contribution in [0.5, 0.6) is 0 Å². The smallest absolute Gasteiger partial charge is 0.360 e. The van der Waals surface area contributed by atoms with E-state index in [-0.39, 0.29) is 0 Å². The van der Waals surface area contributed by atoms with Crippen molar-refractivity contribution in [1.29, 1.82) is 0 Å². The predicted octanol–water partition coefficient (Wildman–Crippen LogP) is 1.67. The molecule has 0 aliphatic heterocycles. The number of carbonyl (C=O) groups is 1. The molecule has 5 heteroatoms. The Morgan fingerprint density at radius 1 is 1.50 bits per heavy atom. The summed E-state index contributed by atoms with van der Waals surface area (Å²) in [6.45, 7) is 7.09. The third-order valence-electron chi connectivity index (χ3n) is 2.47. The highest BCUT2D eigenvalue weighted by Gasteiger charge is 2.18. The average Bonchev–Trinajstić information content (AvgIpc) is 2.67. The summed E-state index contributed by atoms with van der Waals surface area (Å²) >= 11 is 0. The van der Waals surface area contributed by atoms with Crippen molar-refractivity contribution >= 4 is 5.97 Å². The molecule has 1 rings (SSSR count). The standard InChI is InChI=1S/C11H19N3O2/c1-5-9-10(11(15)16-4)12-13-14(9)7-6-8(2)3/h8H,5-7H2,1-4H3. The number of hydrogen-bond donors (Lipinski definition) is 0. The number of carbonyl (C=O) groups excluding carboxylic acids is 1. The van der Waals surface area contributed by atoms with Crippen LogP contribution >= 0.6 is 0 Å². The Labute approximate surface area is 95.8 Å². The van der Waals surface area contributed by atoms with Crippen LogP contribution in [0, 0.1) is 5.92 Å². The molecule has 0 saturated heterocycles. The molecule has 0 bridgehead atoms. The second-order valence-corrected chi connectivity index (χ2v) is 4.14. The first-order valence-corrected chi connectivity index (χ1v) is 5.60. The molecule has 16 heavy (non-hydrogen) atoms. The Morgan fingerprint density at radius 3 is 2.69 bits per heavy atom. The van der Waals surface area contributed by atoms with Gasteiger partial charge in [-0.15, -0.1) is 5.10 Å². The highest BCUT2D eigenvalue weighted by molar-refractivity contribution is 5.88. The van der Waals surface area contributed by atoms with E-state index in [0.717, 1.165) is 25.1 Å². The van der Waals surface area contributed by atoms with E-state index in [0.29, 0.717) is 11.6 Å². The van der Waals surface area contributed by atoms with Crippen LogP contribution in [0.25, 0.3) is 0 Å². The number of ether oxygens (including phenoxy) is 1. The second kappa shape index (κ2) is 5.63. The third kappa shape index (κ3) is 2.81. The summed E-state index contributed by atoms with van der Waals surface area (Å²) in [4.78, 5) is 11.4. The molecule has 0 radical (unpaired) electrons. The summed E-state index contributed by atoms with van der Waals surface area (Å²) in [6, 6.07) is 0. The lowest BCUT2D eigenvalue weighted by atomic mass is 10.1. The molecule has 0 saturated carbocycles. The Balaban J connectivity index is 2.86. The maximum atomic E-state index is 11.4.